The van der Waals surface area contributed by atoms with Gasteiger partial charge in [-0.2, -0.15) is 0 Å². The average Bonchev–Trinajstić information content (AvgIpc) is 3.14. The first-order valence-corrected chi connectivity index (χ1v) is 7.95. The molecule has 1 aliphatic carbocycles. The van der Waals surface area contributed by atoms with Crippen LogP contribution in [0.15, 0.2) is 0 Å². The Bertz CT molecular complexity index is 272. The topological polar surface area (TPSA) is 46.3 Å². The summed E-state index contributed by atoms with van der Waals surface area (Å²) in [7, 11) is 0. The van der Waals surface area contributed by atoms with Crippen LogP contribution in [0.4, 0.5) is 0 Å². The third-order valence-corrected chi connectivity index (χ3v) is 4.08. The molecule has 2 N–H and O–H groups in total. The van der Waals surface area contributed by atoms with E-state index in [-0.39, 0.29) is 0 Å². The molecule has 0 aromatic heterocycles. The fraction of sp³-hybridized carbons (Fsp3) is 0.938. The van der Waals surface area contributed by atoms with Gasteiger partial charge in [0.25, 0.3) is 0 Å². The first kappa shape index (κ1) is 16.5. The quantitative estimate of drug-likeness (QED) is 0.698. The molecule has 0 aromatic carbocycles. The lowest BCUT2D eigenvalue weighted by Crippen LogP contribution is -2.36. The van der Waals surface area contributed by atoms with Crippen molar-refractivity contribution in [3.8, 4) is 0 Å². The second-order valence-electron chi connectivity index (χ2n) is 6.79. The number of rotatable bonds is 9. The third-order valence-electron chi connectivity index (χ3n) is 4.08. The number of amides is 1. The molecule has 3 heteroatoms. The van der Waals surface area contributed by atoms with Crippen LogP contribution >= 0.6 is 0 Å². The molecule has 1 rings (SSSR count). The molecule has 0 spiro atoms. The van der Waals surface area contributed by atoms with Gasteiger partial charge in [0.1, 0.15) is 0 Å². The van der Waals surface area contributed by atoms with E-state index in [2.05, 4.69) is 32.6 Å². The predicted octanol–water partition coefficient (Wildman–Crippen LogP) is 3.03. The average molecular weight is 268 g/mol. The van der Waals surface area contributed by atoms with E-state index >= 15 is 0 Å². The zero-order valence-electron chi connectivity index (χ0n) is 13.2. The first-order valence-electron chi connectivity index (χ1n) is 7.95. The van der Waals surface area contributed by atoms with Crippen LogP contribution in [0.5, 0.6) is 0 Å². The maximum atomic E-state index is 12.4. The number of carbonyl (C=O) groups excluding carboxylic acids is 1. The maximum absolute atomic E-state index is 12.4. The van der Waals surface area contributed by atoms with Crippen molar-refractivity contribution in [1.29, 1.82) is 0 Å². The number of hydrogen-bond acceptors (Lipinski definition) is 2. The standard InChI is InChI=1S/C16H32N2O/c1-12(2)11-18(15-6-7-15)16(19)8-5-14(9-10-17)13(3)4/h12-15H,5-11,17H2,1-4H3. The molecule has 1 saturated carbocycles. The molecule has 1 amide bonds. The van der Waals surface area contributed by atoms with Crippen molar-refractivity contribution in [2.75, 3.05) is 13.1 Å². The third kappa shape index (κ3) is 5.94. The molecule has 19 heavy (non-hydrogen) atoms. The summed E-state index contributed by atoms with van der Waals surface area (Å²) in [5.41, 5.74) is 5.66. The largest absolute Gasteiger partial charge is 0.339 e. The SMILES string of the molecule is CC(C)CN(C(=O)CCC(CCN)C(C)C)C1CC1. The van der Waals surface area contributed by atoms with Crippen LogP contribution in [0, 0.1) is 17.8 Å². The summed E-state index contributed by atoms with van der Waals surface area (Å²) in [6, 6.07) is 0.543. The molecule has 0 saturated heterocycles. The summed E-state index contributed by atoms with van der Waals surface area (Å²) in [6.45, 7) is 10.5. The minimum absolute atomic E-state index is 0.360. The van der Waals surface area contributed by atoms with Crippen LogP contribution in [-0.2, 0) is 4.79 Å². The first-order chi connectivity index (χ1) is 8.95. The van der Waals surface area contributed by atoms with Crippen molar-refractivity contribution < 1.29 is 4.79 Å². The summed E-state index contributed by atoms with van der Waals surface area (Å²) in [6.07, 6.45) is 5.14. The Balaban J connectivity index is 2.42. The predicted molar refractivity (Wildman–Crippen MR) is 80.8 cm³/mol. The van der Waals surface area contributed by atoms with Gasteiger partial charge in [-0.05, 0) is 50.0 Å². The van der Waals surface area contributed by atoms with Crippen molar-refractivity contribution in [3.05, 3.63) is 0 Å². The van der Waals surface area contributed by atoms with Gasteiger partial charge in [-0.15, -0.1) is 0 Å². The molecule has 0 aliphatic heterocycles. The van der Waals surface area contributed by atoms with E-state index in [1.165, 1.54) is 12.8 Å². The van der Waals surface area contributed by atoms with Gasteiger partial charge in [0.2, 0.25) is 5.91 Å². The molecular weight excluding hydrogens is 236 g/mol. The van der Waals surface area contributed by atoms with E-state index in [1.807, 2.05) is 0 Å². The monoisotopic (exact) mass is 268 g/mol. The van der Waals surface area contributed by atoms with Crippen LogP contribution < -0.4 is 5.73 Å². The lowest BCUT2D eigenvalue weighted by atomic mass is 9.88. The van der Waals surface area contributed by atoms with Crippen LogP contribution in [0.1, 0.15) is 59.8 Å². The summed E-state index contributed by atoms with van der Waals surface area (Å²) < 4.78 is 0. The Morgan fingerprint density at radius 3 is 2.26 bits per heavy atom. The van der Waals surface area contributed by atoms with E-state index in [0.717, 1.165) is 25.9 Å². The van der Waals surface area contributed by atoms with Gasteiger partial charge in [0.15, 0.2) is 0 Å². The van der Waals surface area contributed by atoms with E-state index in [9.17, 15) is 4.79 Å². The van der Waals surface area contributed by atoms with Crippen LogP contribution in [-0.4, -0.2) is 29.9 Å². The van der Waals surface area contributed by atoms with Crippen LogP contribution in [0.25, 0.3) is 0 Å². The van der Waals surface area contributed by atoms with Gasteiger partial charge in [0, 0.05) is 19.0 Å². The van der Waals surface area contributed by atoms with Gasteiger partial charge < -0.3 is 10.6 Å². The van der Waals surface area contributed by atoms with Gasteiger partial charge in [0.05, 0.1) is 0 Å². The Morgan fingerprint density at radius 2 is 1.84 bits per heavy atom. The van der Waals surface area contributed by atoms with Crippen molar-refractivity contribution in [2.45, 2.75) is 65.8 Å². The second-order valence-corrected chi connectivity index (χ2v) is 6.79. The Labute approximate surface area is 118 Å². The summed E-state index contributed by atoms with van der Waals surface area (Å²) in [5, 5.41) is 0. The molecule has 0 bridgehead atoms. The van der Waals surface area contributed by atoms with Crippen LogP contribution in [0.2, 0.25) is 0 Å². The lowest BCUT2D eigenvalue weighted by molar-refractivity contribution is -0.132. The number of carbonyl (C=O) groups is 1. The van der Waals surface area contributed by atoms with Gasteiger partial charge in [-0.1, -0.05) is 27.7 Å². The van der Waals surface area contributed by atoms with E-state index in [4.69, 9.17) is 5.73 Å². The van der Waals surface area contributed by atoms with Crippen molar-refractivity contribution in [3.63, 3.8) is 0 Å². The van der Waals surface area contributed by atoms with E-state index < -0.39 is 0 Å². The highest BCUT2D eigenvalue weighted by molar-refractivity contribution is 5.76. The zero-order chi connectivity index (χ0) is 14.4. The Morgan fingerprint density at radius 1 is 1.21 bits per heavy atom. The van der Waals surface area contributed by atoms with Gasteiger partial charge in [-0.25, -0.2) is 0 Å². The number of nitrogens with zero attached hydrogens (tertiary/aromatic N) is 1. The second kappa shape index (κ2) is 7.88. The maximum Gasteiger partial charge on any atom is 0.222 e. The fourth-order valence-corrected chi connectivity index (χ4v) is 2.71. The fourth-order valence-electron chi connectivity index (χ4n) is 2.71. The highest BCUT2D eigenvalue weighted by atomic mass is 16.2. The minimum atomic E-state index is 0.360. The molecule has 112 valence electrons. The molecular formula is C16H32N2O. The highest BCUT2D eigenvalue weighted by Crippen LogP contribution is 2.29. The van der Waals surface area contributed by atoms with Crippen molar-refractivity contribution in [2.24, 2.45) is 23.5 Å². The Hall–Kier alpha value is -0.570. The lowest BCUT2D eigenvalue weighted by Gasteiger charge is -2.26. The van der Waals surface area contributed by atoms with Crippen molar-refractivity contribution >= 4 is 5.91 Å². The van der Waals surface area contributed by atoms with E-state index in [0.29, 0.717) is 36.1 Å². The number of hydrogen-bond donors (Lipinski definition) is 1. The summed E-state index contributed by atoms with van der Waals surface area (Å²) in [4.78, 5) is 14.5. The molecule has 1 atom stereocenters. The molecule has 1 aliphatic rings. The molecule has 3 nitrogen and oxygen atoms in total. The zero-order valence-corrected chi connectivity index (χ0v) is 13.2. The van der Waals surface area contributed by atoms with E-state index in [1.54, 1.807) is 0 Å². The highest BCUT2D eigenvalue weighted by Gasteiger charge is 2.32. The number of nitrogens with two attached hydrogens (primary N) is 1. The summed E-state index contributed by atoms with van der Waals surface area (Å²) >= 11 is 0. The molecule has 0 radical (unpaired) electrons. The molecule has 1 unspecified atom stereocenters. The van der Waals surface area contributed by atoms with Gasteiger partial charge >= 0.3 is 0 Å². The smallest absolute Gasteiger partial charge is 0.222 e. The molecule has 0 aromatic rings. The van der Waals surface area contributed by atoms with Crippen LogP contribution in [0.3, 0.4) is 0 Å². The van der Waals surface area contributed by atoms with Crippen molar-refractivity contribution in [1.82, 2.24) is 4.90 Å². The molecule has 0 heterocycles. The molecule has 1 fully saturated rings. The minimum Gasteiger partial charge on any atom is -0.339 e. The van der Waals surface area contributed by atoms with Gasteiger partial charge in [-0.3, -0.25) is 4.79 Å². The Kier molecular flexibility index (Phi) is 6.84. The normalized spacial score (nSPS) is 17.0. The summed E-state index contributed by atoms with van der Waals surface area (Å²) in [5.74, 6) is 2.14.